The van der Waals surface area contributed by atoms with E-state index in [1.165, 1.54) is 30.5 Å². The van der Waals surface area contributed by atoms with E-state index in [2.05, 4.69) is 35.5 Å². The second-order valence-corrected chi connectivity index (χ2v) is 7.06. The first-order valence-electron chi connectivity index (χ1n) is 8.39. The number of amides is 1. The van der Waals surface area contributed by atoms with Crippen molar-refractivity contribution in [3.05, 3.63) is 53.9 Å². The Morgan fingerprint density at radius 2 is 2.22 bits per heavy atom. The average molecular weight is 378 g/mol. The Hall–Kier alpha value is -3.40. The first kappa shape index (κ1) is 15.8. The molecule has 10 heteroatoms. The SMILES string of the molecule is O=C(Nc1csc(-c2ncn[nH]2)n1)c1cc(-n2cnc(C3CC3)c2)ccn1. The molecule has 4 aromatic rings. The molecule has 1 aliphatic carbocycles. The van der Waals surface area contributed by atoms with Gasteiger partial charge in [-0.25, -0.2) is 15.0 Å². The Balaban J connectivity index is 1.34. The highest BCUT2D eigenvalue weighted by Gasteiger charge is 2.25. The highest BCUT2D eigenvalue weighted by molar-refractivity contribution is 7.13. The molecule has 0 saturated heterocycles. The van der Waals surface area contributed by atoms with E-state index in [0.717, 1.165) is 11.4 Å². The Labute approximate surface area is 157 Å². The van der Waals surface area contributed by atoms with Crippen LogP contribution in [0.2, 0.25) is 0 Å². The number of aromatic nitrogens is 7. The lowest BCUT2D eigenvalue weighted by molar-refractivity contribution is 0.102. The summed E-state index contributed by atoms with van der Waals surface area (Å²) in [5.74, 6) is 1.27. The monoisotopic (exact) mass is 378 g/mol. The van der Waals surface area contributed by atoms with Crippen LogP contribution in [0.4, 0.5) is 5.82 Å². The van der Waals surface area contributed by atoms with Crippen LogP contribution in [0, 0.1) is 0 Å². The van der Waals surface area contributed by atoms with E-state index in [9.17, 15) is 4.79 Å². The number of carbonyl (C=O) groups excluding carboxylic acids is 1. The average Bonchev–Trinajstić information content (AvgIpc) is 3.12. The molecule has 2 N–H and O–H groups in total. The van der Waals surface area contributed by atoms with Crippen molar-refractivity contribution in [1.82, 2.24) is 34.7 Å². The van der Waals surface area contributed by atoms with E-state index in [1.54, 1.807) is 24.0 Å². The maximum Gasteiger partial charge on any atom is 0.275 e. The van der Waals surface area contributed by atoms with Crippen molar-refractivity contribution < 1.29 is 4.79 Å². The second-order valence-electron chi connectivity index (χ2n) is 6.21. The van der Waals surface area contributed by atoms with E-state index >= 15 is 0 Å². The zero-order valence-electron chi connectivity index (χ0n) is 14.0. The third-order valence-corrected chi connectivity index (χ3v) is 5.08. The van der Waals surface area contributed by atoms with E-state index in [1.807, 2.05) is 16.8 Å². The molecule has 9 nitrogen and oxygen atoms in total. The van der Waals surface area contributed by atoms with Crippen LogP contribution in [-0.4, -0.2) is 40.6 Å². The minimum atomic E-state index is -0.325. The van der Waals surface area contributed by atoms with Gasteiger partial charge in [0.2, 0.25) is 0 Å². The second kappa shape index (κ2) is 6.40. The number of aromatic amines is 1. The lowest BCUT2D eigenvalue weighted by Gasteiger charge is -2.05. The minimum Gasteiger partial charge on any atom is -0.306 e. The summed E-state index contributed by atoms with van der Waals surface area (Å²) in [6.07, 6.45) is 9.21. The first-order valence-corrected chi connectivity index (χ1v) is 9.27. The van der Waals surface area contributed by atoms with Crippen molar-refractivity contribution in [2.24, 2.45) is 0 Å². The van der Waals surface area contributed by atoms with Gasteiger partial charge in [0.1, 0.15) is 17.8 Å². The summed E-state index contributed by atoms with van der Waals surface area (Å²) in [5.41, 5.74) is 2.25. The summed E-state index contributed by atoms with van der Waals surface area (Å²) in [4.78, 5) is 29.6. The Morgan fingerprint density at radius 3 is 3.04 bits per heavy atom. The summed E-state index contributed by atoms with van der Waals surface area (Å²) < 4.78 is 1.91. The van der Waals surface area contributed by atoms with Gasteiger partial charge in [-0.1, -0.05) is 0 Å². The molecule has 1 fully saturated rings. The maximum atomic E-state index is 12.5. The molecule has 0 aromatic carbocycles. The molecule has 0 radical (unpaired) electrons. The van der Waals surface area contributed by atoms with Gasteiger partial charge in [0.25, 0.3) is 5.91 Å². The zero-order valence-corrected chi connectivity index (χ0v) is 14.8. The smallest absolute Gasteiger partial charge is 0.275 e. The number of nitrogens with one attached hydrogen (secondary N) is 2. The number of imidazole rings is 1. The molecule has 1 aliphatic rings. The van der Waals surface area contributed by atoms with Gasteiger partial charge in [-0.05, 0) is 25.0 Å². The molecule has 1 saturated carbocycles. The fraction of sp³-hybridized carbons (Fsp3) is 0.176. The number of anilines is 1. The van der Waals surface area contributed by atoms with E-state index < -0.39 is 0 Å². The summed E-state index contributed by atoms with van der Waals surface area (Å²) in [6, 6.07) is 3.58. The van der Waals surface area contributed by atoms with Crippen LogP contribution in [0.25, 0.3) is 16.5 Å². The van der Waals surface area contributed by atoms with Crippen molar-refractivity contribution in [1.29, 1.82) is 0 Å². The molecule has 0 bridgehead atoms. The van der Waals surface area contributed by atoms with Gasteiger partial charge in [-0.3, -0.25) is 14.9 Å². The zero-order chi connectivity index (χ0) is 18.2. The summed E-state index contributed by atoms with van der Waals surface area (Å²) >= 11 is 1.36. The van der Waals surface area contributed by atoms with Crippen molar-refractivity contribution in [2.45, 2.75) is 18.8 Å². The van der Waals surface area contributed by atoms with Crippen LogP contribution in [0.5, 0.6) is 0 Å². The van der Waals surface area contributed by atoms with Crippen LogP contribution in [-0.2, 0) is 0 Å². The fourth-order valence-corrected chi connectivity index (χ4v) is 3.40. The van der Waals surface area contributed by atoms with Crippen molar-refractivity contribution >= 4 is 23.1 Å². The topological polar surface area (TPSA) is 114 Å². The number of nitrogens with zero attached hydrogens (tertiary/aromatic N) is 6. The standard InChI is InChI=1S/C17H14N8OS/c26-16(22-14-7-27-17(23-14)15-19-8-21-24-15)12-5-11(3-4-18-12)25-6-13(20-9-25)10-1-2-10/h3-10H,1-2H2,(H,22,26)(H,19,21,24). The van der Waals surface area contributed by atoms with Gasteiger partial charge in [0.05, 0.1) is 17.7 Å². The number of hydrogen-bond acceptors (Lipinski definition) is 7. The van der Waals surface area contributed by atoms with E-state index in [4.69, 9.17) is 0 Å². The largest absolute Gasteiger partial charge is 0.306 e. The van der Waals surface area contributed by atoms with Gasteiger partial charge in [-0.2, -0.15) is 5.10 Å². The van der Waals surface area contributed by atoms with Crippen LogP contribution >= 0.6 is 11.3 Å². The predicted octanol–water partition coefficient (Wildman–Crippen LogP) is 2.64. The first-order chi connectivity index (χ1) is 13.3. The van der Waals surface area contributed by atoms with Crippen molar-refractivity contribution in [3.8, 4) is 16.5 Å². The molecular formula is C17H14N8OS. The summed E-state index contributed by atoms with van der Waals surface area (Å²) in [5, 5.41) is 11.7. The lowest BCUT2D eigenvalue weighted by atomic mass is 10.3. The molecule has 1 amide bonds. The van der Waals surface area contributed by atoms with E-state index in [0.29, 0.717) is 28.3 Å². The molecule has 0 spiro atoms. The molecular weight excluding hydrogens is 364 g/mol. The van der Waals surface area contributed by atoms with Gasteiger partial charge >= 0.3 is 0 Å². The highest BCUT2D eigenvalue weighted by atomic mass is 32.1. The quantitative estimate of drug-likeness (QED) is 0.552. The maximum absolute atomic E-state index is 12.5. The Bertz CT molecular complexity index is 1100. The van der Waals surface area contributed by atoms with Crippen molar-refractivity contribution in [3.63, 3.8) is 0 Å². The lowest BCUT2D eigenvalue weighted by Crippen LogP contribution is -2.14. The van der Waals surface area contributed by atoms with Crippen LogP contribution in [0.15, 0.2) is 42.6 Å². The summed E-state index contributed by atoms with van der Waals surface area (Å²) in [6.45, 7) is 0. The third kappa shape index (κ3) is 3.22. The molecule has 27 heavy (non-hydrogen) atoms. The number of carbonyl (C=O) groups is 1. The van der Waals surface area contributed by atoms with Gasteiger partial charge in [0, 0.05) is 23.7 Å². The fourth-order valence-electron chi connectivity index (χ4n) is 2.70. The third-order valence-electron chi connectivity index (χ3n) is 4.24. The Kier molecular flexibility index (Phi) is 3.75. The molecule has 5 rings (SSSR count). The Morgan fingerprint density at radius 1 is 1.30 bits per heavy atom. The van der Waals surface area contributed by atoms with Crippen LogP contribution < -0.4 is 5.32 Å². The van der Waals surface area contributed by atoms with Gasteiger partial charge in [0.15, 0.2) is 10.8 Å². The summed E-state index contributed by atoms with van der Waals surface area (Å²) in [7, 11) is 0. The van der Waals surface area contributed by atoms with Crippen LogP contribution in [0.3, 0.4) is 0 Å². The number of rotatable bonds is 5. The molecule has 4 heterocycles. The van der Waals surface area contributed by atoms with E-state index in [-0.39, 0.29) is 5.91 Å². The highest BCUT2D eigenvalue weighted by Crippen LogP contribution is 2.39. The number of H-pyrrole nitrogens is 1. The molecule has 134 valence electrons. The molecule has 0 atom stereocenters. The van der Waals surface area contributed by atoms with Gasteiger partial charge < -0.3 is 9.88 Å². The number of hydrogen-bond donors (Lipinski definition) is 2. The molecule has 0 unspecified atom stereocenters. The molecule has 4 aromatic heterocycles. The van der Waals surface area contributed by atoms with Crippen molar-refractivity contribution in [2.75, 3.05) is 5.32 Å². The normalized spacial score (nSPS) is 13.6. The van der Waals surface area contributed by atoms with Crippen LogP contribution in [0.1, 0.15) is 34.9 Å². The van der Waals surface area contributed by atoms with Gasteiger partial charge in [-0.15, -0.1) is 11.3 Å². The number of pyridine rings is 1. The predicted molar refractivity (Wildman–Crippen MR) is 98.8 cm³/mol. The minimum absolute atomic E-state index is 0.309. The molecule has 0 aliphatic heterocycles. The number of thiazole rings is 1.